The van der Waals surface area contributed by atoms with Crippen molar-refractivity contribution < 1.29 is 9.90 Å². The van der Waals surface area contributed by atoms with Crippen LogP contribution in [-0.4, -0.2) is 11.1 Å². The van der Waals surface area contributed by atoms with Crippen molar-refractivity contribution in [3.8, 4) is 0 Å². The van der Waals surface area contributed by atoms with Gasteiger partial charge in [-0.05, 0) is 32.1 Å². The van der Waals surface area contributed by atoms with Crippen LogP contribution in [0.5, 0.6) is 0 Å². The summed E-state index contributed by atoms with van der Waals surface area (Å²) in [7, 11) is 0. The Morgan fingerprint density at radius 1 is 0.652 bits per heavy atom. The number of allylic oxidation sites excluding steroid dienone is 2. The lowest BCUT2D eigenvalue weighted by atomic mass is 10.0. The van der Waals surface area contributed by atoms with Gasteiger partial charge in [0.2, 0.25) is 0 Å². The van der Waals surface area contributed by atoms with Crippen molar-refractivity contribution >= 4 is 5.97 Å². The Balaban J connectivity index is 3.05. The maximum absolute atomic E-state index is 10.4. The molecule has 0 rings (SSSR count). The van der Waals surface area contributed by atoms with Crippen LogP contribution in [-0.2, 0) is 4.79 Å². The van der Waals surface area contributed by atoms with Crippen LogP contribution in [0.2, 0.25) is 0 Å². The quantitative estimate of drug-likeness (QED) is 0.212. The molecule has 0 aromatic carbocycles. The first-order chi connectivity index (χ1) is 11.3. The van der Waals surface area contributed by atoms with Crippen molar-refractivity contribution in [1.29, 1.82) is 0 Å². The van der Waals surface area contributed by atoms with Crippen molar-refractivity contribution in [3.05, 3.63) is 12.2 Å². The topological polar surface area (TPSA) is 37.3 Å². The normalized spacial score (nSPS) is 11.3. The number of hydrogen-bond acceptors (Lipinski definition) is 1. The average Bonchev–Trinajstić information content (AvgIpc) is 2.53. The molecule has 136 valence electrons. The zero-order chi connectivity index (χ0) is 17.0. The highest BCUT2D eigenvalue weighted by Gasteiger charge is 1.96. The maximum atomic E-state index is 10.4. The van der Waals surface area contributed by atoms with Gasteiger partial charge >= 0.3 is 5.97 Å². The van der Waals surface area contributed by atoms with E-state index in [4.69, 9.17) is 5.11 Å². The van der Waals surface area contributed by atoms with E-state index in [1.165, 1.54) is 89.9 Å². The summed E-state index contributed by atoms with van der Waals surface area (Å²) in [5.74, 6) is -0.656. The second kappa shape index (κ2) is 19.3. The van der Waals surface area contributed by atoms with E-state index in [9.17, 15) is 4.79 Å². The van der Waals surface area contributed by atoms with Crippen LogP contribution in [0.3, 0.4) is 0 Å². The van der Waals surface area contributed by atoms with Gasteiger partial charge in [-0.3, -0.25) is 4.79 Å². The summed E-state index contributed by atoms with van der Waals surface area (Å²) in [5, 5.41) is 8.54. The molecular formula is C21H40O2. The Morgan fingerprint density at radius 3 is 1.48 bits per heavy atom. The number of carbonyl (C=O) groups is 1. The number of aliphatic carboxylic acids is 1. The van der Waals surface area contributed by atoms with Gasteiger partial charge in [-0.25, -0.2) is 0 Å². The van der Waals surface area contributed by atoms with Gasteiger partial charge in [0, 0.05) is 6.42 Å². The molecule has 0 aromatic heterocycles. The van der Waals surface area contributed by atoms with Gasteiger partial charge in [-0.2, -0.15) is 0 Å². The van der Waals surface area contributed by atoms with E-state index in [1.807, 2.05) is 0 Å². The van der Waals surface area contributed by atoms with E-state index in [1.54, 1.807) is 0 Å². The summed E-state index contributed by atoms with van der Waals surface area (Å²) in [6, 6.07) is 0. The monoisotopic (exact) mass is 324 g/mol. The predicted molar refractivity (Wildman–Crippen MR) is 101 cm³/mol. The summed E-state index contributed by atoms with van der Waals surface area (Å²) in [5.41, 5.74) is 0. The van der Waals surface area contributed by atoms with Crippen LogP contribution < -0.4 is 0 Å². The van der Waals surface area contributed by atoms with E-state index < -0.39 is 5.97 Å². The summed E-state index contributed by atoms with van der Waals surface area (Å²) in [6.07, 6.45) is 25.6. The van der Waals surface area contributed by atoms with Gasteiger partial charge in [-0.1, -0.05) is 89.7 Å². The molecule has 0 spiro atoms. The Labute approximate surface area is 144 Å². The number of carboxylic acid groups (broad SMARTS) is 1. The lowest BCUT2D eigenvalue weighted by Crippen LogP contribution is -1.93. The molecule has 0 saturated heterocycles. The summed E-state index contributed by atoms with van der Waals surface area (Å²) in [4.78, 5) is 10.4. The summed E-state index contributed by atoms with van der Waals surface area (Å²) >= 11 is 0. The van der Waals surface area contributed by atoms with Gasteiger partial charge in [0.15, 0.2) is 0 Å². The predicted octanol–water partition coefficient (Wildman–Crippen LogP) is 7.28. The van der Waals surface area contributed by atoms with E-state index >= 15 is 0 Å². The molecule has 0 aliphatic rings. The van der Waals surface area contributed by atoms with Crippen molar-refractivity contribution in [1.82, 2.24) is 0 Å². The second-order valence-electron chi connectivity index (χ2n) is 6.79. The fraction of sp³-hybridized carbons (Fsp3) is 0.857. The standard InChI is InChI=1S/C21H40O2/c1-2-3-4-5-6-7-8-9-10-11-12-13-14-15-16-17-18-19-20-21(22)23/h7-8H,2-6,9-20H2,1H3,(H,22,23)/b8-7+. The van der Waals surface area contributed by atoms with E-state index in [2.05, 4.69) is 19.1 Å². The van der Waals surface area contributed by atoms with Crippen LogP contribution in [0.4, 0.5) is 0 Å². The first kappa shape index (κ1) is 22.2. The third-order valence-corrected chi connectivity index (χ3v) is 4.40. The van der Waals surface area contributed by atoms with Gasteiger partial charge in [-0.15, -0.1) is 0 Å². The molecule has 0 aliphatic heterocycles. The van der Waals surface area contributed by atoms with Crippen LogP contribution in [0.25, 0.3) is 0 Å². The minimum atomic E-state index is -0.656. The molecule has 0 fully saturated rings. The first-order valence-electron chi connectivity index (χ1n) is 10.1. The third-order valence-electron chi connectivity index (χ3n) is 4.40. The zero-order valence-corrected chi connectivity index (χ0v) is 15.5. The molecule has 0 saturated carbocycles. The largest absolute Gasteiger partial charge is 0.481 e. The zero-order valence-electron chi connectivity index (χ0n) is 15.5. The minimum absolute atomic E-state index is 0.340. The molecule has 0 aromatic rings. The Bertz CT molecular complexity index is 271. The average molecular weight is 325 g/mol. The lowest BCUT2D eigenvalue weighted by Gasteiger charge is -2.02. The van der Waals surface area contributed by atoms with Crippen LogP contribution in [0, 0.1) is 0 Å². The van der Waals surface area contributed by atoms with Crippen LogP contribution in [0.1, 0.15) is 116 Å². The number of hydrogen-bond donors (Lipinski definition) is 1. The van der Waals surface area contributed by atoms with Gasteiger partial charge < -0.3 is 5.11 Å². The van der Waals surface area contributed by atoms with Gasteiger partial charge in [0.1, 0.15) is 0 Å². The molecule has 0 bridgehead atoms. The number of unbranched alkanes of at least 4 members (excludes halogenated alkanes) is 14. The molecule has 0 aliphatic carbocycles. The Kier molecular flexibility index (Phi) is 18.6. The van der Waals surface area contributed by atoms with Crippen molar-refractivity contribution in [2.45, 2.75) is 116 Å². The minimum Gasteiger partial charge on any atom is -0.481 e. The molecule has 0 atom stereocenters. The second-order valence-corrected chi connectivity index (χ2v) is 6.79. The smallest absolute Gasteiger partial charge is 0.303 e. The molecule has 0 radical (unpaired) electrons. The first-order valence-corrected chi connectivity index (χ1v) is 10.1. The van der Waals surface area contributed by atoms with Crippen LogP contribution >= 0.6 is 0 Å². The fourth-order valence-corrected chi connectivity index (χ4v) is 2.88. The van der Waals surface area contributed by atoms with Crippen molar-refractivity contribution in [3.63, 3.8) is 0 Å². The Hall–Kier alpha value is -0.790. The van der Waals surface area contributed by atoms with Crippen molar-refractivity contribution in [2.24, 2.45) is 0 Å². The fourth-order valence-electron chi connectivity index (χ4n) is 2.88. The molecule has 2 heteroatoms. The SMILES string of the molecule is CCCCCC/C=C/CCCCCCCCCCCCC(=O)O. The lowest BCUT2D eigenvalue weighted by molar-refractivity contribution is -0.137. The molecule has 1 N–H and O–H groups in total. The molecular weight excluding hydrogens is 284 g/mol. The highest BCUT2D eigenvalue weighted by molar-refractivity contribution is 5.66. The highest BCUT2D eigenvalue weighted by Crippen LogP contribution is 2.12. The maximum Gasteiger partial charge on any atom is 0.303 e. The molecule has 0 amide bonds. The van der Waals surface area contributed by atoms with E-state index in [-0.39, 0.29) is 0 Å². The van der Waals surface area contributed by atoms with E-state index in [0.29, 0.717) is 6.42 Å². The molecule has 23 heavy (non-hydrogen) atoms. The molecule has 2 nitrogen and oxygen atoms in total. The summed E-state index contributed by atoms with van der Waals surface area (Å²) in [6.45, 7) is 2.26. The third kappa shape index (κ3) is 21.2. The number of carboxylic acids is 1. The van der Waals surface area contributed by atoms with Crippen molar-refractivity contribution in [2.75, 3.05) is 0 Å². The van der Waals surface area contributed by atoms with E-state index in [0.717, 1.165) is 12.8 Å². The van der Waals surface area contributed by atoms with Gasteiger partial charge in [0.25, 0.3) is 0 Å². The Morgan fingerprint density at radius 2 is 1.04 bits per heavy atom. The highest BCUT2D eigenvalue weighted by atomic mass is 16.4. The van der Waals surface area contributed by atoms with Crippen LogP contribution in [0.15, 0.2) is 12.2 Å². The molecule has 0 unspecified atom stereocenters. The van der Waals surface area contributed by atoms with Gasteiger partial charge in [0.05, 0.1) is 0 Å². The number of rotatable bonds is 18. The summed E-state index contributed by atoms with van der Waals surface area (Å²) < 4.78 is 0. The molecule has 0 heterocycles.